The number of nitrogens with zero attached hydrogens (tertiary/aromatic N) is 1. The van der Waals surface area contributed by atoms with Gasteiger partial charge in [0.15, 0.2) is 0 Å². The molecule has 0 saturated carbocycles. The second-order valence-electron chi connectivity index (χ2n) is 6.25. The molecular weight excluding hydrogens is 328 g/mol. The zero-order valence-electron chi connectivity index (χ0n) is 14.9. The molecule has 3 aromatic rings. The molecule has 1 aromatic carbocycles. The van der Waals surface area contributed by atoms with Crippen molar-refractivity contribution in [2.75, 3.05) is 5.32 Å². The first-order chi connectivity index (χ1) is 12.1. The first kappa shape index (κ1) is 17.5. The molecule has 0 amide bonds. The number of anilines is 1. The van der Waals surface area contributed by atoms with Crippen molar-refractivity contribution in [1.29, 1.82) is 0 Å². The Bertz CT molecular complexity index is 839. The third-order valence-corrected chi connectivity index (χ3v) is 5.57. The van der Waals surface area contributed by atoms with Crippen LogP contribution in [-0.4, -0.2) is 16.1 Å². The highest BCUT2D eigenvalue weighted by atomic mass is 32.1. The molecule has 0 radical (unpaired) electrons. The standard InChI is InChI=1S/C21H24N2OS/c1-4-14(3)22-21-13-16(20-11-10-18(5-2)25-20)12-19(23-21)15-6-8-17(24)9-7-15/h6-14,24H,4-5H2,1-3H3,(H,22,23). The van der Waals surface area contributed by atoms with Crippen LogP contribution < -0.4 is 5.32 Å². The van der Waals surface area contributed by atoms with Crippen LogP contribution in [0.25, 0.3) is 21.7 Å². The summed E-state index contributed by atoms with van der Waals surface area (Å²) in [5.74, 6) is 1.16. The van der Waals surface area contributed by atoms with Gasteiger partial charge in [-0.2, -0.15) is 0 Å². The molecule has 2 aromatic heterocycles. The highest BCUT2D eigenvalue weighted by molar-refractivity contribution is 7.15. The fourth-order valence-electron chi connectivity index (χ4n) is 2.60. The minimum Gasteiger partial charge on any atom is -0.508 e. The number of aromatic nitrogens is 1. The number of nitrogens with one attached hydrogen (secondary N) is 1. The lowest BCUT2D eigenvalue weighted by Crippen LogP contribution is -2.14. The Morgan fingerprint density at radius 1 is 1.04 bits per heavy atom. The molecule has 2 N–H and O–H groups in total. The summed E-state index contributed by atoms with van der Waals surface area (Å²) in [5.41, 5.74) is 3.09. The Morgan fingerprint density at radius 2 is 1.80 bits per heavy atom. The van der Waals surface area contributed by atoms with E-state index >= 15 is 0 Å². The first-order valence-corrected chi connectivity index (χ1v) is 9.57. The molecule has 2 heterocycles. The van der Waals surface area contributed by atoms with E-state index in [-0.39, 0.29) is 5.75 Å². The lowest BCUT2D eigenvalue weighted by atomic mass is 10.1. The molecule has 1 unspecified atom stereocenters. The Hall–Kier alpha value is -2.33. The van der Waals surface area contributed by atoms with Gasteiger partial charge < -0.3 is 10.4 Å². The number of pyridine rings is 1. The van der Waals surface area contributed by atoms with Gasteiger partial charge in [0, 0.05) is 21.4 Å². The molecule has 0 saturated heterocycles. The van der Waals surface area contributed by atoms with Crippen molar-refractivity contribution in [3.63, 3.8) is 0 Å². The summed E-state index contributed by atoms with van der Waals surface area (Å²) >= 11 is 1.83. The summed E-state index contributed by atoms with van der Waals surface area (Å²) in [7, 11) is 0. The number of aryl methyl sites for hydroxylation is 1. The Balaban J connectivity index is 2.05. The van der Waals surface area contributed by atoms with Crippen molar-refractivity contribution >= 4 is 17.2 Å². The third kappa shape index (κ3) is 4.20. The van der Waals surface area contributed by atoms with E-state index in [0.717, 1.165) is 29.9 Å². The molecule has 130 valence electrons. The van der Waals surface area contributed by atoms with Gasteiger partial charge in [-0.25, -0.2) is 4.98 Å². The minimum atomic E-state index is 0.267. The zero-order chi connectivity index (χ0) is 17.8. The van der Waals surface area contributed by atoms with Crippen molar-refractivity contribution < 1.29 is 5.11 Å². The van der Waals surface area contributed by atoms with Crippen molar-refractivity contribution in [1.82, 2.24) is 4.98 Å². The van der Waals surface area contributed by atoms with Crippen molar-refractivity contribution in [3.05, 3.63) is 53.4 Å². The second kappa shape index (κ2) is 7.70. The molecule has 0 spiro atoms. The molecular formula is C21H24N2OS. The highest BCUT2D eigenvalue weighted by Crippen LogP contribution is 2.33. The second-order valence-corrected chi connectivity index (χ2v) is 7.41. The molecule has 0 fully saturated rings. The van der Waals surface area contributed by atoms with E-state index in [1.165, 1.54) is 15.3 Å². The number of thiophene rings is 1. The van der Waals surface area contributed by atoms with Crippen LogP contribution in [0.15, 0.2) is 48.5 Å². The van der Waals surface area contributed by atoms with Crippen LogP contribution in [0, 0.1) is 0 Å². The van der Waals surface area contributed by atoms with E-state index in [0.29, 0.717) is 6.04 Å². The highest BCUT2D eigenvalue weighted by Gasteiger charge is 2.10. The number of hydrogen-bond acceptors (Lipinski definition) is 4. The van der Waals surface area contributed by atoms with Gasteiger partial charge in [-0.3, -0.25) is 0 Å². The summed E-state index contributed by atoms with van der Waals surface area (Å²) in [6.45, 7) is 6.50. The maximum Gasteiger partial charge on any atom is 0.127 e. The van der Waals surface area contributed by atoms with E-state index in [4.69, 9.17) is 4.98 Å². The molecule has 25 heavy (non-hydrogen) atoms. The predicted molar refractivity (Wildman–Crippen MR) is 107 cm³/mol. The van der Waals surface area contributed by atoms with Gasteiger partial charge in [-0.05, 0) is 73.9 Å². The maximum absolute atomic E-state index is 9.54. The normalized spacial score (nSPS) is 12.1. The summed E-state index contributed by atoms with van der Waals surface area (Å²) in [6.07, 6.45) is 2.10. The molecule has 4 heteroatoms. The largest absolute Gasteiger partial charge is 0.508 e. The lowest BCUT2D eigenvalue weighted by Gasteiger charge is -2.15. The quantitative estimate of drug-likeness (QED) is 0.576. The van der Waals surface area contributed by atoms with Crippen LogP contribution in [-0.2, 0) is 6.42 Å². The van der Waals surface area contributed by atoms with Crippen molar-refractivity contribution in [2.24, 2.45) is 0 Å². The van der Waals surface area contributed by atoms with Crippen LogP contribution in [0.5, 0.6) is 5.75 Å². The van der Waals surface area contributed by atoms with Crippen LogP contribution in [0.2, 0.25) is 0 Å². The number of phenolic OH excluding ortho intramolecular Hbond substituents is 1. The number of hydrogen-bond donors (Lipinski definition) is 2. The minimum absolute atomic E-state index is 0.267. The van der Waals surface area contributed by atoms with Gasteiger partial charge in [0.05, 0.1) is 5.69 Å². The molecule has 0 bridgehead atoms. The zero-order valence-corrected chi connectivity index (χ0v) is 15.7. The first-order valence-electron chi connectivity index (χ1n) is 8.76. The van der Waals surface area contributed by atoms with Crippen molar-refractivity contribution in [3.8, 4) is 27.4 Å². The number of aromatic hydroxyl groups is 1. The molecule has 0 aliphatic heterocycles. The smallest absolute Gasteiger partial charge is 0.127 e. The summed E-state index contributed by atoms with van der Waals surface area (Å²) < 4.78 is 0. The maximum atomic E-state index is 9.54. The summed E-state index contributed by atoms with van der Waals surface area (Å²) in [5, 5.41) is 13.0. The van der Waals surface area contributed by atoms with Crippen LogP contribution >= 0.6 is 11.3 Å². The molecule has 0 aliphatic rings. The van der Waals surface area contributed by atoms with E-state index in [2.05, 4.69) is 50.4 Å². The third-order valence-electron chi connectivity index (χ3n) is 4.29. The number of rotatable bonds is 6. The van der Waals surface area contributed by atoms with Crippen LogP contribution in [0.4, 0.5) is 5.82 Å². The van der Waals surface area contributed by atoms with Crippen LogP contribution in [0.1, 0.15) is 32.1 Å². The van der Waals surface area contributed by atoms with Gasteiger partial charge >= 0.3 is 0 Å². The van der Waals surface area contributed by atoms with E-state index in [1.807, 2.05) is 23.5 Å². The van der Waals surface area contributed by atoms with Crippen LogP contribution in [0.3, 0.4) is 0 Å². The lowest BCUT2D eigenvalue weighted by molar-refractivity contribution is 0.475. The Kier molecular flexibility index (Phi) is 5.39. The van der Waals surface area contributed by atoms with Gasteiger partial charge in [0.1, 0.15) is 11.6 Å². The monoisotopic (exact) mass is 352 g/mol. The van der Waals surface area contributed by atoms with E-state index in [9.17, 15) is 5.11 Å². The van der Waals surface area contributed by atoms with E-state index < -0.39 is 0 Å². The fraction of sp³-hybridized carbons (Fsp3) is 0.286. The number of benzene rings is 1. The van der Waals surface area contributed by atoms with Gasteiger partial charge in [-0.15, -0.1) is 11.3 Å². The van der Waals surface area contributed by atoms with E-state index in [1.54, 1.807) is 12.1 Å². The average molecular weight is 353 g/mol. The summed E-state index contributed by atoms with van der Waals surface area (Å²) in [4.78, 5) is 7.43. The SMILES string of the molecule is CCc1ccc(-c2cc(NC(C)CC)nc(-c3ccc(O)cc3)c2)s1. The molecule has 0 aliphatic carbocycles. The average Bonchev–Trinajstić information content (AvgIpc) is 3.11. The Morgan fingerprint density at radius 3 is 2.44 bits per heavy atom. The number of phenols is 1. The topological polar surface area (TPSA) is 45.2 Å². The molecule has 3 rings (SSSR count). The molecule has 3 nitrogen and oxygen atoms in total. The van der Waals surface area contributed by atoms with Gasteiger partial charge in [-0.1, -0.05) is 13.8 Å². The molecule has 1 atom stereocenters. The van der Waals surface area contributed by atoms with Gasteiger partial charge in [0.2, 0.25) is 0 Å². The van der Waals surface area contributed by atoms with Crippen molar-refractivity contribution in [2.45, 2.75) is 39.7 Å². The fourth-order valence-corrected chi connectivity index (χ4v) is 3.54. The van der Waals surface area contributed by atoms with Gasteiger partial charge in [0.25, 0.3) is 0 Å². The predicted octanol–water partition coefficient (Wildman–Crippen LogP) is 5.96. The summed E-state index contributed by atoms with van der Waals surface area (Å²) in [6, 6.07) is 16.2. The Labute approximate surface area is 153 Å².